The molecule has 2 rings (SSSR count). The van der Waals surface area contributed by atoms with Crippen molar-refractivity contribution in [3.8, 4) is 0 Å². The maximum atomic E-state index is 11.8. The summed E-state index contributed by atoms with van der Waals surface area (Å²) in [4.78, 5) is 34.9. The van der Waals surface area contributed by atoms with Gasteiger partial charge in [-0.1, -0.05) is 13.3 Å². The van der Waals surface area contributed by atoms with E-state index in [1.54, 1.807) is 24.3 Å². The maximum absolute atomic E-state index is 11.8. The molecule has 0 spiro atoms. The minimum Gasteiger partial charge on any atom is -0.452 e. The lowest BCUT2D eigenvalue weighted by Gasteiger charge is -2.07. The standard InChI is InChI=1S/C17H22N2O4/c1-2-3-10-18-15(20)11-23-17(22)13-6-8-14(9-7-13)19-16(21)12-4-5-12/h6-9,12H,2-5,10-11H2,1H3,(H,18,20)(H,19,21). The molecule has 0 aliphatic heterocycles. The lowest BCUT2D eigenvalue weighted by molar-refractivity contribution is -0.124. The van der Waals surface area contributed by atoms with Crippen molar-refractivity contribution in [1.82, 2.24) is 5.32 Å². The van der Waals surface area contributed by atoms with Gasteiger partial charge in [-0.05, 0) is 43.5 Å². The summed E-state index contributed by atoms with van der Waals surface area (Å²) in [5.74, 6) is -0.717. The molecule has 1 fully saturated rings. The fourth-order valence-corrected chi connectivity index (χ4v) is 1.95. The van der Waals surface area contributed by atoms with Crippen LogP contribution in [0.5, 0.6) is 0 Å². The van der Waals surface area contributed by atoms with Crippen LogP contribution >= 0.6 is 0 Å². The van der Waals surface area contributed by atoms with Gasteiger partial charge in [0, 0.05) is 18.2 Å². The van der Waals surface area contributed by atoms with E-state index in [-0.39, 0.29) is 24.3 Å². The Morgan fingerprint density at radius 3 is 2.48 bits per heavy atom. The first kappa shape index (κ1) is 17.0. The number of hydrogen-bond donors (Lipinski definition) is 2. The number of rotatable bonds is 8. The second kappa shape index (κ2) is 8.31. The number of benzene rings is 1. The van der Waals surface area contributed by atoms with E-state index < -0.39 is 5.97 Å². The molecule has 0 heterocycles. The normalized spacial score (nSPS) is 13.3. The van der Waals surface area contributed by atoms with Crippen LogP contribution in [0, 0.1) is 5.92 Å². The first-order valence-corrected chi connectivity index (χ1v) is 7.95. The van der Waals surface area contributed by atoms with E-state index in [0.717, 1.165) is 25.7 Å². The van der Waals surface area contributed by atoms with E-state index in [1.165, 1.54) is 0 Å². The highest BCUT2D eigenvalue weighted by Gasteiger charge is 2.29. The van der Waals surface area contributed by atoms with Crippen molar-refractivity contribution >= 4 is 23.5 Å². The minimum absolute atomic E-state index is 0.0177. The molecule has 0 radical (unpaired) electrons. The third kappa shape index (κ3) is 5.73. The van der Waals surface area contributed by atoms with E-state index in [2.05, 4.69) is 10.6 Å². The highest BCUT2D eigenvalue weighted by Crippen LogP contribution is 2.30. The van der Waals surface area contributed by atoms with Crippen molar-refractivity contribution in [3.05, 3.63) is 29.8 Å². The highest BCUT2D eigenvalue weighted by atomic mass is 16.5. The lowest BCUT2D eigenvalue weighted by Crippen LogP contribution is -2.29. The van der Waals surface area contributed by atoms with Crippen LogP contribution in [0.1, 0.15) is 43.0 Å². The van der Waals surface area contributed by atoms with Crippen molar-refractivity contribution in [2.24, 2.45) is 5.92 Å². The van der Waals surface area contributed by atoms with E-state index >= 15 is 0 Å². The van der Waals surface area contributed by atoms with Crippen LogP contribution in [0.3, 0.4) is 0 Å². The second-order valence-corrected chi connectivity index (χ2v) is 5.62. The predicted octanol–water partition coefficient (Wildman–Crippen LogP) is 2.11. The number of nitrogens with one attached hydrogen (secondary N) is 2. The number of esters is 1. The monoisotopic (exact) mass is 318 g/mol. The van der Waals surface area contributed by atoms with Gasteiger partial charge in [0.25, 0.3) is 5.91 Å². The summed E-state index contributed by atoms with van der Waals surface area (Å²) in [6, 6.07) is 6.44. The molecule has 1 aromatic carbocycles. The number of carbonyl (C=O) groups is 3. The lowest BCUT2D eigenvalue weighted by atomic mass is 10.2. The van der Waals surface area contributed by atoms with Gasteiger partial charge in [-0.2, -0.15) is 0 Å². The molecule has 0 unspecified atom stereocenters. The average molecular weight is 318 g/mol. The van der Waals surface area contributed by atoms with Gasteiger partial charge in [-0.25, -0.2) is 4.79 Å². The Balaban J connectivity index is 1.75. The Bertz CT molecular complexity index is 564. The van der Waals surface area contributed by atoms with Crippen LogP contribution in [0.4, 0.5) is 5.69 Å². The van der Waals surface area contributed by atoms with Gasteiger partial charge in [0.2, 0.25) is 5.91 Å². The molecule has 0 aromatic heterocycles. The Morgan fingerprint density at radius 1 is 1.17 bits per heavy atom. The van der Waals surface area contributed by atoms with Crippen molar-refractivity contribution < 1.29 is 19.1 Å². The zero-order valence-electron chi connectivity index (χ0n) is 13.3. The minimum atomic E-state index is -0.560. The Kier molecular flexibility index (Phi) is 6.14. The van der Waals surface area contributed by atoms with E-state index in [0.29, 0.717) is 17.8 Å². The third-order valence-electron chi connectivity index (χ3n) is 3.52. The molecule has 0 bridgehead atoms. The van der Waals surface area contributed by atoms with Gasteiger partial charge < -0.3 is 15.4 Å². The number of anilines is 1. The van der Waals surface area contributed by atoms with Crippen molar-refractivity contribution in [2.75, 3.05) is 18.5 Å². The van der Waals surface area contributed by atoms with Crippen LogP contribution < -0.4 is 10.6 Å². The third-order valence-corrected chi connectivity index (χ3v) is 3.52. The largest absolute Gasteiger partial charge is 0.452 e. The first-order chi connectivity index (χ1) is 11.1. The smallest absolute Gasteiger partial charge is 0.338 e. The maximum Gasteiger partial charge on any atom is 0.338 e. The van der Waals surface area contributed by atoms with E-state index in [9.17, 15) is 14.4 Å². The molecule has 0 atom stereocenters. The Hall–Kier alpha value is -2.37. The zero-order valence-corrected chi connectivity index (χ0v) is 13.3. The van der Waals surface area contributed by atoms with Gasteiger partial charge in [-0.3, -0.25) is 9.59 Å². The second-order valence-electron chi connectivity index (χ2n) is 5.62. The summed E-state index contributed by atoms with van der Waals surface area (Å²) in [6.07, 6.45) is 3.77. The summed E-state index contributed by atoms with van der Waals surface area (Å²) >= 11 is 0. The molecule has 6 nitrogen and oxygen atoms in total. The highest BCUT2D eigenvalue weighted by molar-refractivity contribution is 5.95. The van der Waals surface area contributed by atoms with Crippen molar-refractivity contribution in [3.63, 3.8) is 0 Å². The average Bonchev–Trinajstić information content (AvgIpc) is 3.38. The molecule has 2 N–H and O–H groups in total. The number of unbranched alkanes of at least 4 members (excludes halogenated alkanes) is 1. The SMILES string of the molecule is CCCCNC(=O)COC(=O)c1ccc(NC(=O)C2CC2)cc1. The van der Waals surface area contributed by atoms with E-state index in [4.69, 9.17) is 4.74 Å². The Morgan fingerprint density at radius 2 is 1.87 bits per heavy atom. The molecule has 1 saturated carbocycles. The van der Waals surface area contributed by atoms with Crippen LogP contribution in [0.25, 0.3) is 0 Å². The topological polar surface area (TPSA) is 84.5 Å². The quantitative estimate of drug-likeness (QED) is 0.568. The van der Waals surface area contributed by atoms with Crippen molar-refractivity contribution in [2.45, 2.75) is 32.6 Å². The van der Waals surface area contributed by atoms with Gasteiger partial charge in [0.1, 0.15) is 0 Å². The summed E-state index contributed by atoms with van der Waals surface area (Å²) < 4.78 is 4.95. The molecular formula is C17H22N2O4. The zero-order chi connectivity index (χ0) is 16.7. The van der Waals surface area contributed by atoms with E-state index in [1.807, 2.05) is 6.92 Å². The van der Waals surface area contributed by atoms with Crippen molar-refractivity contribution in [1.29, 1.82) is 0 Å². The molecule has 6 heteroatoms. The van der Waals surface area contributed by atoms with Crippen LogP contribution in [0.2, 0.25) is 0 Å². The number of carbonyl (C=O) groups excluding carboxylic acids is 3. The molecular weight excluding hydrogens is 296 g/mol. The molecule has 1 aromatic rings. The number of ether oxygens (including phenoxy) is 1. The van der Waals surface area contributed by atoms with Gasteiger partial charge in [-0.15, -0.1) is 0 Å². The fraction of sp³-hybridized carbons (Fsp3) is 0.471. The molecule has 23 heavy (non-hydrogen) atoms. The summed E-state index contributed by atoms with van der Waals surface area (Å²) in [7, 11) is 0. The molecule has 1 aliphatic rings. The fourth-order valence-electron chi connectivity index (χ4n) is 1.95. The van der Waals surface area contributed by atoms with Gasteiger partial charge >= 0.3 is 5.97 Å². The Labute approximate surface area is 135 Å². The summed E-state index contributed by atoms with van der Waals surface area (Å²) in [5.41, 5.74) is 0.992. The van der Waals surface area contributed by atoms with Crippen LogP contribution in [-0.4, -0.2) is 30.9 Å². The molecule has 0 saturated heterocycles. The number of amides is 2. The van der Waals surface area contributed by atoms with Crippen LogP contribution in [-0.2, 0) is 14.3 Å². The van der Waals surface area contributed by atoms with Crippen LogP contribution in [0.15, 0.2) is 24.3 Å². The first-order valence-electron chi connectivity index (χ1n) is 7.95. The number of hydrogen-bond acceptors (Lipinski definition) is 4. The molecule has 124 valence electrons. The predicted molar refractivity (Wildman–Crippen MR) is 86.0 cm³/mol. The van der Waals surface area contributed by atoms with Gasteiger partial charge in [0.15, 0.2) is 6.61 Å². The summed E-state index contributed by atoms with van der Waals surface area (Å²) in [5, 5.41) is 5.47. The molecule has 2 amide bonds. The van der Waals surface area contributed by atoms with Gasteiger partial charge in [0.05, 0.1) is 5.56 Å². The summed E-state index contributed by atoms with van der Waals surface area (Å²) in [6.45, 7) is 2.33. The molecule has 1 aliphatic carbocycles.